The van der Waals surface area contributed by atoms with Crippen LogP contribution in [0.15, 0.2) is 23.6 Å². The molecule has 0 fully saturated rings. The van der Waals surface area contributed by atoms with Crippen LogP contribution in [0.2, 0.25) is 5.02 Å². The maximum Gasteiger partial charge on any atom is 0.275 e. The summed E-state index contributed by atoms with van der Waals surface area (Å²) in [5.41, 5.74) is 11.3. The van der Waals surface area contributed by atoms with Crippen molar-refractivity contribution in [3.63, 3.8) is 0 Å². The van der Waals surface area contributed by atoms with Crippen LogP contribution in [0.1, 0.15) is 20.8 Å². The van der Waals surface area contributed by atoms with E-state index >= 15 is 0 Å². The van der Waals surface area contributed by atoms with E-state index in [2.05, 4.69) is 10.3 Å². The number of nitrogens with one attached hydrogen (secondary N) is 1. The highest BCUT2D eigenvalue weighted by Crippen LogP contribution is 2.21. The largest absolute Gasteiger partial charge is 0.375 e. The third-order valence-corrected chi connectivity index (χ3v) is 3.25. The molecule has 2 amide bonds. The maximum atomic E-state index is 11.8. The van der Waals surface area contributed by atoms with Crippen LogP contribution >= 0.6 is 22.9 Å². The minimum absolute atomic E-state index is 0.136. The van der Waals surface area contributed by atoms with Crippen molar-refractivity contribution < 1.29 is 9.59 Å². The Labute approximate surface area is 117 Å². The van der Waals surface area contributed by atoms with E-state index in [9.17, 15) is 9.59 Å². The van der Waals surface area contributed by atoms with E-state index in [1.54, 1.807) is 6.07 Å². The number of halogens is 1. The summed E-state index contributed by atoms with van der Waals surface area (Å²) in [7, 11) is 0. The van der Waals surface area contributed by atoms with E-state index in [4.69, 9.17) is 23.1 Å². The Balaban J connectivity index is 2.22. The van der Waals surface area contributed by atoms with Gasteiger partial charge in [0.05, 0.1) is 10.6 Å². The third kappa shape index (κ3) is 3.01. The number of nitrogen functional groups attached to an aromatic ring is 1. The highest BCUT2D eigenvalue weighted by Gasteiger charge is 2.12. The fourth-order valence-electron chi connectivity index (χ4n) is 1.38. The Hall–Kier alpha value is -2.12. The molecule has 1 heterocycles. The number of nitrogens with two attached hydrogens (primary N) is 2. The summed E-state index contributed by atoms with van der Waals surface area (Å²) >= 11 is 6.97. The Bertz CT molecular complexity index is 656. The van der Waals surface area contributed by atoms with E-state index in [-0.39, 0.29) is 16.3 Å². The molecule has 6 nitrogen and oxygen atoms in total. The van der Waals surface area contributed by atoms with Crippen LogP contribution in [-0.4, -0.2) is 16.8 Å². The molecule has 0 bridgehead atoms. The topological polar surface area (TPSA) is 111 Å². The van der Waals surface area contributed by atoms with Crippen LogP contribution in [0.3, 0.4) is 0 Å². The number of hydrogen-bond donors (Lipinski definition) is 3. The van der Waals surface area contributed by atoms with Gasteiger partial charge in [-0.25, -0.2) is 4.98 Å². The van der Waals surface area contributed by atoms with Crippen molar-refractivity contribution in [2.45, 2.75) is 0 Å². The molecule has 1 aromatic heterocycles. The zero-order chi connectivity index (χ0) is 14.0. The van der Waals surface area contributed by atoms with Crippen molar-refractivity contribution in [1.82, 2.24) is 4.98 Å². The monoisotopic (exact) mass is 296 g/mol. The fraction of sp³-hybridized carbons (Fsp3) is 0. The molecule has 0 aliphatic rings. The lowest BCUT2D eigenvalue weighted by Crippen LogP contribution is -2.15. The lowest BCUT2D eigenvalue weighted by molar-refractivity contribution is 0.0995. The van der Waals surface area contributed by atoms with Crippen molar-refractivity contribution in [1.29, 1.82) is 0 Å². The van der Waals surface area contributed by atoms with E-state index in [1.165, 1.54) is 17.5 Å². The summed E-state index contributed by atoms with van der Waals surface area (Å²) < 4.78 is 0. The summed E-state index contributed by atoms with van der Waals surface area (Å²) in [6, 6.07) is 4.44. The maximum absolute atomic E-state index is 11.8. The van der Waals surface area contributed by atoms with Gasteiger partial charge in [-0.1, -0.05) is 11.6 Å². The highest BCUT2D eigenvalue weighted by molar-refractivity contribution is 7.13. The molecule has 0 atom stereocenters. The Kier molecular flexibility index (Phi) is 3.68. The molecule has 0 radical (unpaired) electrons. The number of hydrogen-bond acceptors (Lipinski definition) is 5. The van der Waals surface area contributed by atoms with Gasteiger partial charge >= 0.3 is 0 Å². The number of benzene rings is 1. The predicted molar refractivity (Wildman–Crippen MR) is 74.4 cm³/mol. The summed E-state index contributed by atoms with van der Waals surface area (Å²) in [4.78, 5) is 26.8. The average molecular weight is 297 g/mol. The van der Waals surface area contributed by atoms with Gasteiger partial charge in [-0.3, -0.25) is 9.59 Å². The molecular weight excluding hydrogens is 288 g/mol. The number of carbonyl (C=O) groups is 2. The Morgan fingerprint density at radius 3 is 2.68 bits per heavy atom. The number of anilines is 2. The lowest BCUT2D eigenvalue weighted by atomic mass is 10.2. The second-order valence-electron chi connectivity index (χ2n) is 3.58. The number of carbonyl (C=O) groups excluding carboxylic acids is 2. The van der Waals surface area contributed by atoms with Gasteiger partial charge in [0.15, 0.2) is 5.13 Å². The van der Waals surface area contributed by atoms with Gasteiger partial charge in [-0.15, -0.1) is 11.3 Å². The van der Waals surface area contributed by atoms with E-state index in [1.807, 2.05) is 0 Å². The van der Waals surface area contributed by atoms with Crippen LogP contribution in [0, 0.1) is 0 Å². The van der Waals surface area contributed by atoms with Crippen LogP contribution in [-0.2, 0) is 0 Å². The third-order valence-electron chi connectivity index (χ3n) is 2.24. The van der Waals surface area contributed by atoms with Gasteiger partial charge < -0.3 is 16.8 Å². The Morgan fingerprint density at radius 1 is 1.37 bits per heavy atom. The van der Waals surface area contributed by atoms with Gasteiger partial charge in [-0.05, 0) is 18.2 Å². The summed E-state index contributed by atoms with van der Waals surface area (Å²) in [5.74, 6) is -1.09. The van der Waals surface area contributed by atoms with Crippen LogP contribution in [0.25, 0.3) is 0 Å². The minimum atomic E-state index is -0.668. The Morgan fingerprint density at radius 2 is 2.11 bits per heavy atom. The van der Waals surface area contributed by atoms with Gasteiger partial charge in [0.1, 0.15) is 5.69 Å². The molecule has 2 rings (SSSR count). The average Bonchev–Trinajstić information content (AvgIpc) is 2.78. The van der Waals surface area contributed by atoms with Gasteiger partial charge in [-0.2, -0.15) is 0 Å². The van der Waals surface area contributed by atoms with Crippen LogP contribution in [0.4, 0.5) is 10.8 Å². The smallest absolute Gasteiger partial charge is 0.275 e. The molecular formula is C11H9ClN4O2S. The molecule has 0 aliphatic heterocycles. The second-order valence-corrected chi connectivity index (χ2v) is 4.88. The standard InChI is InChI=1S/C11H9ClN4O2S/c12-7-2-1-5(3-6(7)9(13)17)15-10(18)8-4-19-11(14)16-8/h1-4H,(H2,13,17)(H2,14,16)(H,15,18). The van der Waals surface area contributed by atoms with Crippen molar-refractivity contribution in [2.24, 2.45) is 5.73 Å². The molecule has 0 aliphatic carbocycles. The number of rotatable bonds is 3. The summed E-state index contributed by atoms with van der Waals surface area (Å²) in [6.45, 7) is 0. The predicted octanol–water partition coefficient (Wildman–Crippen LogP) is 1.73. The fourth-order valence-corrected chi connectivity index (χ4v) is 2.13. The summed E-state index contributed by atoms with van der Waals surface area (Å²) in [5, 5.41) is 4.64. The molecule has 0 spiro atoms. The molecule has 98 valence electrons. The van der Waals surface area contributed by atoms with Crippen molar-refractivity contribution in [3.8, 4) is 0 Å². The van der Waals surface area contributed by atoms with Crippen LogP contribution < -0.4 is 16.8 Å². The molecule has 0 saturated carbocycles. The van der Waals surface area contributed by atoms with Crippen molar-refractivity contribution in [3.05, 3.63) is 39.9 Å². The zero-order valence-electron chi connectivity index (χ0n) is 9.51. The first-order valence-corrected chi connectivity index (χ1v) is 6.35. The first-order valence-electron chi connectivity index (χ1n) is 5.09. The molecule has 19 heavy (non-hydrogen) atoms. The van der Waals surface area contributed by atoms with E-state index < -0.39 is 11.8 Å². The highest BCUT2D eigenvalue weighted by atomic mass is 35.5. The number of primary amides is 1. The minimum Gasteiger partial charge on any atom is -0.375 e. The molecule has 1 aromatic carbocycles. The second kappa shape index (κ2) is 5.25. The SMILES string of the molecule is NC(=O)c1cc(NC(=O)c2csc(N)n2)ccc1Cl. The molecule has 2 aromatic rings. The summed E-state index contributed by atoms with van der Waals surface area (Å²) in [6.07, 6.45) is 0. The first kappa shape index (κ1) is 13.3. The number of amides is 2. The lowest BCUT2D eigenvalue weighted by Gasteiger charge is -2.06. The molecule has 0 saturated heterocycles. The van der Waals surface area contributed by atoms with Gasteiger partial charge in [0, 0.05) is 11.1 Å². The zero-order valence-corrected chi connectivity index (χ0v) is 11.1. The van der Waals surface area contributed by atoms with Crippen LogP contribution in [0.5, 0.6) is 0 Å². The molecule has 0 unspecified atom stereocenters. The number of thiazole rings is 1. The van der Waals surface area contributed by atoms with Gasteiger partial charge in [0.25, 0.3) is 5.91 Å². The van der Waals surface area contributed by atoms with E-state index in [0.29, 0.717) is 10.8 Å². The quantitative estimate of drug-likeness (QED) is 0.800. The normalized spacial score (nSPS) is 10.2. The van der Waals surface area contributed by atoms with E-state index in [0.717, 1.165) is 11.3 Å². The van der Waals surface area contributed by atoms with Crippen molar-refractivity contribution in [2.75, 3.05) is 11.1 Å². The number of nitrogens with zero attached hydrogens (tertiary/aromatic N) is 1. The molecule has 8 heteroatoms. The van der Waals surface area contributed by atoms with Crippen molar-refractivity contribution >= 4 is 45.6 Å². The van der Waals surface area contributed by atoms with Gasteiger partial charge in [0.2, 0.25) is 5.91 Å². The number of aromatic nitrogens is 1. The molecule has 5 N–H and O–H groups in total. The first-order chi connectivity index (χ1) is 8.97.